The van der Waals surface area contributed by atoms with Crippen molar-refractivity contribution >= 4 is 21.8 Å². The van der Waals surface area contributed by atoms with Crippen LogP contribution in [0.15, 0.2) is 29.2 Å². The zero-order chi connectivity index (χ0) is 15.1. The van der Waals surface area contributed by atoms with Crippen molar-refractivity contribution in [3.63, 3.8) is 0 Å². The van der Waals surface area contributed by atoms with E-state index in [0.717, 1.165) is 29.9 Å². The van der Waals surface area contributed by atoms with Crippen molar-refractivity contribution in [2.24, 2.45) is 0 Å². The van der Waals surface area contributed by atoms with E-state index in [4.69, 9.17) is 5.11 Å². The van der Waals surface area contributed by atoms with Crippen LogP contribution in [-0.2, 0) is 10.0 Å². The summed E-state index contributed by atoms with van der Waals surface area (Å²) in [7, 11) is -3.45. The third-order valence-corrected chi connectivity index (χ3v) is 5.87. The molecule has 21 heavy (non-hydrogen) atoms. The Labute approximate surface area is 130 Å². The van der Waals surface area contributed by atoms with Gasteiger partial charge in [0.25, 0.3) is 0 Å². The summed E-state index contributed by atoms with van der Waals surface area (Å²) in [5.74, 6) is 7.63. The minimum atomic E-state index is -3.45. The predicted octanol–water partition coefficient (Wildman–Crippen LogP) is 1.59. The third kappa shape index (κ3) is 5.04. The van der Waals surface area contributed by atoms with Crippen molar-refractivity contribution in [2.75, 3.05) is 18.1 Å². The van der Waals surface area contributed by atoms with E-state index in [9.17, 15) is 8.42 Å². The Morgan fingerprint density at radius 1 is 1.33 bits per heavy atom. The van der Waals surface area contributed by atoms with Crippen LogP contribution in [0.5, 0.6) is 0 Å². The van der Waals surface area contributed by atoms with Gasteiger partial charge in [0.05, 0.1) is 11.5 Å². The van der Waals surface area contributed by atoms with Gasteiger partial charge in [-0.25, -0.2) is 13.1 Å². The number of aliphatic hydroxyl groups excluding tert-OH is 1. The molecule has 2 N–H and O–H groups in total. The van der Waals surface area contributed by atoms with Gasteiger partial charge in [-0.1, -0.05) is 11.8 Å². The maximum atomic E-state index is 12.3. The van der Waals surface area contributed by atoms with Crippen LogP contribution < -0.4 is 4.72 Å². The van der Waals surface area contributed by atoms with Gasteiger partial charge in [0.15, 0.2) is 0 Å². The molecular formula is C15H19NO3S2. The number of hydrogen-bond acceptors (Lipinski definition) is 4. The minimum Gasteiger partial charge on any atom is -0.395 e. The first kappa shape index (κ1) is 16.4. The van der Waals surface area contributed by atoms with Crippen molar-refractivity contribution in [3.8, 4) is 11.8 Å². The van der Waals surface area contributed by atoms with Crippen LogP contribution in [0, 0.1) is 11.8 Å². The van der Waals surface area contributed by atoms with Crippen LogP contribution in [0.3, 0.4) is 0 Å². The number of aliphatic hydroxyl groups is 1. The fourth-order valence-corrected chi connectivity index (χ4v) is 4.51. The van der Waals surface area contributed by atoms with Crippen LogP contribution in [0.1, 0.15) is 24.8 Å². The lowest BCUT2D eigenvalue weighted by Gasteiger charge is -2.22. The number of thioether (sulfide) groups is 1. The standard InChI is InChI=1S/C15H19NO3S2/c17-10-2-1-4-13-6-8-15(9-7-13)21(18,19)16-14-5-3-11-20-12-14/h6-9,14,16-17H,2-3,5,10-12H2. The molecule has 2 rings (SSSR count). The largest absolute Gasteiger partial charge is 0.395 e. The lowest BCUT2D eigenvalue weighted by molar-refractivity contribution is 0.305. The monoisotopic (exact) mass is 325 g/mol. The van der Waals surface area contributed by atoms with Crippen molar-refractivity contribution in [3.05, 3.63) is 29.8 Å². The molecule has 1 saturated heterocycles. The van der Waals surface area contributed by atoms with Crippen molar-refractivity contribution in [2.45, 2.75) is 30.2 Å². The molecule has 0 aliphatic carbocycles. The second kappa shape index (κ2) is 7.85. The molecule has 0 spiro atoms. The minimum absolute atomic E-state index is 0.0257. The van der Waals surface area contributed by atoms with Gasteiger partial charge in [-0.3, -0.25) is 0 Å². The quantitative estimate of drug-likeness (QED) is 0.825. The molecule has 1 heterocycles. The molecule has 0 bridgehead atoms. The molecule has 1 aliphatic heterocycles. The van der Waals surface area contributed by atoms with E-state index < -0.39 is 10.0 Å². The summed E-state index contributed by atoms with van der Waals surface area (Å²) in [6, 6.07) is 6.55. The van der Waals surface area contributed by atoms with Gasteiger partial charge in [-0.2, -0.15) is 11.8 Å². The summed E-state index contributed by atoms with van der Waals surface area (Å²) < 4.78 is 27.3. The highest BCUT2D eigenvalue weighted by atomic mass is 32.2. The van der Waals surface area contributed by atoms with E-state index in [0.29, 0.717) is 6.42 Å². The van der Waals surface area contributed by atoms with Crippen molar-refractivity contribution in [1.82, 2.24) is 4.72 Å². The summed E-state index contributed by atoms with van der Waals surface area (Å²) in [5, 5.41) is 8.66. The zero-order valence-electron chi connectivity index (χ0n) is 11.7. The number of benzene rings is 1. The van der Waals surface area contributed by atoms with Crippen molar-refractivity contribution in [1.29, 1.82) is 0 Å². The molecular weight excluding hydrogens is 306 g/mol. The topological polar surface area (TPSA) is 66.4 Å². The Hall–Kier alpha value is -1.00. The molecule has 4 nitrogen and oxygen atoms in total. The fourth-order valence-electron chi connectivity index (χ4n) is 2.06. The van der Waals surface area contributed by atoms with E-state index >= 15 is 0 Å². The summed E-state index contributed by atoms with van der Waals surface area (Å²) >= 11 is 1.79. The number of sulfonamides is 1. The van der Waals surface area contributed by atoms with Crippen LogP contribution in [0.2, 0.25) is 0 Å². The van der Waals surface area contributed by atoms with E-state index in [1.165, 1.54) is 0 Å². The molecule has 1 aliphatic rings. The van der Waals surface area contributed by atoms with Crippen LogP contribution in [-0.4, -0.2) is 37.7 Å². The summed E-state index contributed by atoms with van der Waals surface area (Å²) in [4.78, 5) is 0.269. The smallest absolute Gasteiger partial charge is 0.240 e. The van der Waals surface area contributed by atoms with E-state index in [2.05, 4.69) is 16.6 Å². The van der Waals surface area contributed by atoms with Gasteiger partial charge >= 0.3 is 0 Å². The number of hydrogen-bond donors (Lipinski definition) is 2. The molecule has 0 saturated carbocycles. The molecule has 1 aromatic carbocycles. The molecule has 0 amide bonds. The molecule has 1 unspecified atom stereocenters. The summed E-state index contributed by atoms with van der Waals surface area (Å²) in [6.07, 6.45) is 2.37. The molecule has 1 atom stereocenters. The zero-order valence-corrected chi connectivity index (χ0v) is 13.3. The molecule has 0 radical (unpaired) electrons. The highest BCUT2D eigenvalue weighted by molar-refractivity contribution is 7.99. The Bertz CT molecular complexity index is 609. The molecule has 1 fully saturated rings. The van der Waals surface area contributed by atoms with Gasteiger partial charge in [-0.05, 0) is 42.9 Å². The Morgan fingerprint density at radius 2 is 2.10 bits per heavy atom. The van der Waals surface area contributed by atoms with E-state index in [1.54, 1.807) is 36.0 Å². The van der Waals surface area contributed by atoms with Crippen LogP contribution in [0.4, 0.5) is 0 Å². The van der Waals surface area contributed by atoms with Gasteiger partial charge < -0.3 is 5.11 Å². The van der Waals surface area contributed by atoms with Gasteiger partial charge in [0, 0.05) is 23.8 Å². The Kier molecular flexibility index (Phi) is 6.12. The fraction of sp³-hybridized carbons (Fsp3) is 0.467. The second-order valence-electron chi connectivity index (χ2n) is 4.84. The Morgan fingerprint density at radius 3 is 2.71 bits per heavy atom. The van der Waals surface area contributed by atoms with E-state index in [1.807, 2.05) is 0 Å². The average molecular weight is 325 g/mol. The maximum absolute atomic E-state index is 12.3. The lowest BCUT2D eigenvalue weighted by atomic mass is 10.2. The maximum Gasteiger partial charge on any atom is 0.240 e. The van der Waals surface area contributed by atoms with Gasteiger partial charge in [0.1, 0.15) is 0 Å². The first-order valence-electron chi connectivity index (χ1n) is 6.92. The van der Waals surface area contributed by atoms with E-state index in [-0.39, 0.29) is 17.5 Å². The highest BCUT2D eigenvalue weighted by Gasteiger charge is 2.21. The van der Waals surface area contributed by atoms with Crippen molar-refractivity contribution < 1.29 is 13.5 Å². The number of nitrogens with one attached hydrogen (secondary N) is 1. The van der Waals surface area contributed by atoms with Gasteiger partial charge in [0.2, 0.25) is 10.0 Å². The normalized spacial score (nSPS) is 18.8. The highest BCUT2D eigenvalue weighted by Crippen LogP contribution is 2.19. The lowest BCUT2D eigenvalue weighted by Crippen LogP contribution is -2.38. The first-order chi connectivity index (χ1) is 10.1. The summed E-state index contributed by atoms with van der Waals surface area (Å²) in [6.45, 7) is 0.0305. The third-order valence-electron chi connectivity index (χ3n) is 3.12. The molecule has 6 heteroatoms. The average Bonchev–Trinajstić information content (AvgIpc) is 2.49. The second-order valence-corrected chi connectivity index (χ2v) is 7.70. The predicted molar refractivity (Wildman–Crippen MR) is 85.7 cm³/mol. The Balaban J connectivity index is 2.04. The van der Waals surface area contributed by atoms with Gasteiger partial charge in [-0.15, -0.1) is 0 Å². The number of rotatable bonds is 4. The molecule has 0 aromatic heterocycles. The molecule has 114 valence electrons. The molecule has 1 aromatic rings. The SMILES string of the molecule is O=S(=O)(NC1CCCSC1)c1ccc(C#CCCO)cc1. The first-order valence-corrected chi connectivity index (χ1v) is 9.55. The van der Waals surface area contributed by atoms with Crippen LogP contribution >= 0.6 is 11.8 Å². The van der Waals surface area contributed by atoms with Crippen LogP contribution in [0.25, 0.3) is 0 Å². The summed E-state index contributed by atoms with van der Waals surface area (Å²) in [5.41, 5.74) is 0.746.